The van der Waals surface area contributed by atoms with Gasteiger partial charge in [-0.1, -0.05) is 61.2 Å². The largest absolute Gasteiger partial charge is 0.325 e. The molecule has 4 rings (SSSR count). The quantitative estimate of drug-likeness (QED) is 0.351. The van der Waals surface area contributed by atoms with E-state index in [2.05, 4.69) is 10.3 Å². The van der Waals surface area contributed by atoms with Crippen molar-refractivity contribution < 1.29 is 4.79 Å². The molecule has 152 valence electrons. The van der Waals surface area contributed by atoms with Gasteiger partial charge in [0, 0.05) is 12.2 Å². The molecule has 0 bridgehead atoms. The summed E-state index contributed by atoms with van der Waals surface area (Å²) in [4.78, 5) is 30.4. The zero-order valence-electron chi connectivity index (χ0n) is 17.0. The predicted octanol–water partition coefficient (Wildman–Crippen LogP) is 5.08. The number of nitrogens with zero attached hydrogens (tertiary/aromatic N) is 2. The number of fused-ring (bicyclic) bond motifs is 2. The third-order valence-electron chi connectivity index (χ3n) is 4.94. The molecule has 1 atom stereocenters. The number of amides is 1. The van der Waals surface area contributed by atoms with Crippen LogP contribution < -0.4 is 10.9 Å². The van der Waals surface area contributed by atoms with Crippen molar-refractivity contribution in [1.82, 2.24) is 9.55 Å². The Morgan fingerprint density at radius 3 is 2.60 bits per heavy atom. The minimum Gasteiger partial charge on any atom is -0.325 e. The van der Waals surface area contributed by atoms with Gasteiger partial charge in [0.05, 0.1) is 16.2 Å². The number of rotatable bonds is 6. The number of carbonyl (C=O) groups excluding carboxylic acids is 1. The molecular formula is C24H23N3O2S. The van der Waals surface area contributed by atoms with E-state index in [0.717, 1.165) is 22.9 Å². The molecule has 0 radical (unpaired) electrons. The van der Waals surface area contributed by atoms with Crippen LogP contribution in [0.2, 0.25) is 0 Å². The van der Waals surface area contributed by atoms with Crippen molar-refractivity contribution in [2.24, 2.45) is 0 Å². The van der Waals surface area contributed by atoms with Crippen LogP contribution in [-0.2, 0) is 11.3 Å². The van der Waals surface area contributed by atoms with Crippen molar-refractivity contribution in [3.8, 4) is 0 Å². The monoisotopic (exact) mass is 417 g/mol. The van der Waals surface area contributed by atoms with Crippen LogP contribution in [0.1, 0.15) is 20.3 Å². The standard InChI is InChI=1S/C24H23N3O2S/c1-3-14-27-23(29)20-10-6-7-11-21(20)26-24(27)30-16(2)22(28)25-19-13-12-17-8-4-5-9-18(17)15-19/h4-13,15-16H,3,14H2,1-2H3,(H,25,28)/t16-/m1/s1. The molecule has 5 nitrogen and oxygen atoms in total. The second kappa shape index (κ2) is 8.71. The number of aromatic nitrogens is 2. The third-order valence-corrected chi connectivity index (χ3v) is 6.03. The molecule has 0 spiro atoms. The first-order valence-corrected chi connectivity index (χ1v) is 10.9. The number of hydrogen-bond donors (Lipinski definition) is 1. The fraction of sp³-hybridized carbons (Fsp3) is 0.208. The van der Waals surface area contributed by atoms with Crippen molar-refractivity contribution in [3.63, 3.8) is 0 Å². The van der Waals surface area contributed by atoms with E-state index in [0.29, 0.717) is 22.6 Å². The van der Waals surface area contributed by atoms with Crippen LogP contribution in [0, 0.1) is 0 Å². The number of anilines is 1. The van der Waals surface area contributed by atoms with Gasteiger partial charge in [0.25, 0.3) is 5.56 Å². The van der Waals surface area contributed by atoms with Crippen molar-refractivity contribution in [3.05, 3.63) is 77.1 Å². The Morgan fingerprint density at radius 1 is 1.07 bits per heavy atom. The lowest BCUT2D eigenvalue weighted by atomic mass is 10.1. The van der Waals surface area contributed by atoms with Gasteiger partial charge in [-0.25, -0.2) is 4.98 Å². The van der Waals surface area contributed by atoms with Gasteiger partial charge < -0.3 is 5.32 Å². The second-order valence-corrected chi connectivity index (χ2v) is 8.49. The van der Waals surface area contributed by atoms with Crippen molar-refractivity contribution in [2.75, 3.05) is 5.32 Å². The Balaban J connectivity index is 1.58. The molecule has 1 heterocycles. The lowest BCUT2D eigenvalue weighted by Crippen LogP contribution is -2.27. The van der Waals surface area contributed by atoms with Gasteiger partial charge in [0.1, 0.15) is 0 Å². The molecular weight excluding hydrogens is 394 g/mol. The number of thioether (sulfide) groups is 1. The maximum Gasteiger partial charge on any atom is 0.262 e. The van der Waals surface area contributed by atoms with Gasteiger partial charge in [-0.3, -0.25) is 14.2 Å². The summed E-state index contributed by atoms with van der Waals surface area (Å²) < 4.78 is 1.67. The van der Waals surface area contributed by atoms with Gasteiger partial charge in [-0.05, 0) is 48.4 Å². The summed E-state index contributed by atoms with van der Waals surface area (Å²) in [6.07, 6.45) is 0.811. The molecule has 1 aromatic heterocycles. The van der Waals surface area contributed by atoms with Crippen LogP contribution in [0.25, 0.3) is 21.7 Å². The average Bonchev–Trinajstić information content (AvgIpc) is 2.76. The van der Waals surface area contributed by atoms with Gasteiger partial charge in [0.15, 0.2) is 5.16 Å². The maximum absolute atomic E-state index is 12.9. The summed E-state index contributed by atoms with van der Waals surface area (Å²) in [6, 6.07) is 21.2. The highest BCUT2D eigenvalue weighted by molar-refractivity contribution is 8.00. The van der Waals surface area contributed by atoms with Crippen LogP contribution in [0.15, 0.2) is 76.7 Å². The normalized spacial score (nSPS) is 12.2. The van der Waals surface area contributed by atoms with E-state index in [1.54, 1.807) is 10.6 Å². The average molecular weight is 418 g/mol. The van der Waals surface area contributed by atoms with Gasteiger partial charge in [-0.2, -0.15) is 0 Å². The number of benzene rings is 3. The first kappa shape index (κ1) is 20.2. The lowest BCUT2D eigenvalue weighted by molar-refractivity contribution is -0.115. The lowest BCUT2D eigenvalue weighted by Gasteiger charge is -2.16. The van der Waals surface area contributed by atoms with Crippen LogP contribution >= 0.6 is 11.8 Å². The fourth-order valence-corrected chi connectivity index (χ4v) is 4.32. The van der Waals surface area contributed by atoms with E-state index in [1.165, 1.54) is 11.8 Å². The summed E-state index contributed by atoms with van der Waals surface area (Å²) in [5.41, 5.74) is 1.34. The van der Waals surface area contributed by atoms with E-state index >= 15 is 0 Å². The van der Waals surface area contributed by atoms with E-state index < -0.39 is 5.25 Å². The van der Waals surface area contributed by atoms with E-state index in [4.69, 9.17) is 0 Å². The number of nitrogens with one attached hydrogen (secondary N) is 1. The Hall–Kier alpha value is -3.12. The van der Waals surface area contributed by atoms with E-state index in [-0.39, 0.29) is 11.5 Å². The summed E-state index contributed by atoms with van der Waals surface area (Å²) in [5.74, 6) is -0.124. The van der Waals surface area contributed by atoms with Crippen LogP contribution in [0.4, 0.5) is 5.69 Å². The van der Waals surface area contributed by atoms with Crippen molar-refractivity contribution >= 4 is 45.0 Å². The molecule has 4 aromatic rings. The van der Waals surface area contributed by atoms with Gasteiger partial charge >= 0.3 is 0 Å². The maximum atomic E-state index is 12.9. The molecule has 3 aromatic carbocycles. The number of para-hydroxylation sites is 1. The molecule has 0 aliphatic carbocycles. The Labute approximate surface area is 179 Å². The molecule has 0 aliphatic heterocycles. The number of hydrogen-bond acceptors (Lipinski definition) is 4. The molecule has 0 unspecified atom stereocenters. The highest BCUT2D eigenvalue weighted by atomic mass is 32.2. The zero-order valence-corrected chi connectivity index (χ0v) is 17.8. The van der Waals surface area contributed by atoms with Crippen molar-refractivity contribution in [2.45, 2.75) is 37.2 Å². The summed E-state index contributed by atoms with van der Waals surface area (Å²) >= 11 is 1.31. The first-order chi connectivity index (χ1) is 14.6. The smallest absolute Gasteiger partial charge is 0.262 e. The van der Waals surface area contributed by atoms with Crippen LogP contribution in [0.3, 0.4) is 0 Å². The van der Waals surface area contributed by atoms with E-state index in [9.17, 15) is 9.59 Å². The minimum absolute atomic E-state index is 0.0629. The molecule has 0 fully saturated rings. The summed E-state index contributed by atoms with van der Waals surface area (Å²) in [7, 11) is 0. The fourth-order valence-electron chi connectivity index (χ4n) is 3.38. The minimum atomic E-state index is -0.410. The molecule has 30 heavy (non-hydrogen) atoms. The topological polar surface area (TPSA) is 64.0 Å². The summed E-state index contributed by atoms with van der Waals surface area (Å²) in [6.45, 7) is 4.42. The first-order valence-electron chi connectivity index (χ1n) is 10.0. The van der Waals surface area contributed by atoms with Crippen LogP contribution in [0.5, 0.6) is 0 Å². The van der Waals surface area contributed by atoms with E-state index in [1.807, 2.05) is 74.5 Å². The Morgan fingerprint density at radius 2 is 1.80 bits per heavy atom. The second-order valence-electron chi connectivity index (χ2n) is 7.18. The highest BCUT2D eigenvalue weighted by Crippen LogP contribution is 2.25. The van der Waals surface area contributed by atoms with Gasteiger partial charge in [-0.15, -0.1) is 0 Å². The Bertz CT molecular complexity index is 1280. The molecule has 6 heteroatoms. The Kier molecular flexibility index (Phi) is 5.86. The van der Waals surface area contributed by atoms with Gasteiger partial charge in [0.2, 0.25) is 5.91 Å². The molecule has 0 aliphatic rings. The SMILES string of the molecule is CCCn1c(S[C@H](C)C(=O)Nc2ccc3ccccc3c2)nc2ccccc2c1=O. The summed E-state index contributed by atoms with van der Waals surface area (Å²) in [5, 5.41) is 5.94. The van der Waals surface area contributed by atoms with Crippen molar-refractivity contribution in [1.29, 1.82) is 0 Å². The van der Waals surface area contributed by atoms with Crippen LogP contribution in [-0.4, -0.2) is 20.7 Å². The predicted molar refractivity (Wildman–Crippen MR) is 124 cm³/mol. The molecule has 0 saturated heterocycles. The third kappa shape index (κ3) is 4.09. The molecule has 1 N–H and O–H groups in total. The highest BCUT2D eigenvalue weighted by Gasteiger charge is 2.19. The molecule has 1 amide bonds. The number of carbonyl (C=O) groups is 1. The molecule has 0 saturated carbocycles. The zero-order chi connectivity index (χ0) is 21.1.